The monoisotopic (exact) mass is 565 g/mol. The lowest BCUT2D eigenvalue weighted by atomic mass is 10.0. The predicted octanol–water partition coefficient (Wildman–Crippen LogP) is 5.30. The lowest BCUT2D eigenvalue weighted by molar-refractivity contribution is 0.302. The van der Waals surface area contributed by atoms with Gasteiger partial charge in [0.15, 0.2) is 5.75 Å². The van der Waals surface area contributed by atoms with Gasteiger partial charge in [-0.3, -0.25) is 4.79 Å². The SMILES string of the molecule is O=c1ccc2c(I)cc(I)c3c2n1Cc1cc2ccccc2cc1CO3. The van der Waals surface area contributed by atoms with E-state index in [0.717, 1.165) is 34.9 Å². The van der Waals surface area contributed by atoms with Crippen LogP contribution in [-0.4, -0.2) is 4.57 Å². The molecule has 5 rings (SSSR count). The van der Waals surface area contributed by atoms with Gasteiger partial charge in [-0.2, -0.15) is 0 Å². The first-order chi connectivity index (χ1) is 12.6. The van der Waals surface area contributed by atoms with Gasteiger partial charge in [-0.25, -0.2) is 0 Å². The summed E-state index contributed by atoms with van der Waals surface area (Å²) in [5.41, 5.74) is 3.17. The summed E-state index contributed by atoms with van der Waals surface area (Å²) in [6, 6.07) is 18.3. The number of hydrogen-bond acceptors (Lipinski definition) is 2. The standard InChI is InChI=1S/C21H13I2NO2/c22-17-9-18(23)21-20-16(17)5-6-19(25)24(20)10-14-7-12-3-1-2-4-13(12)8-15(14)11-26-21/h1-9H,10-11H2. The molecule has 0 atom stereocenters. The Morgan fingerprint density at radius 2 is 1.62 bits per heavy atom. The lowest BCUT2D eigenvalue weighted by Gasteiger charge is -2.22. The number of hydrogen-bond donors (Lipinski definition) is 0. The summed E-state index contributed by atoms with van der Waals surface area (Å²) in [6.45, 7) is 1.07. The van der Waals surface area contributed by atoms with E-state index in [4.69, 9.17) is 4.74 Å². The van der Waals surface area contributed by atoms with Crippen LogP contribution in [0.25, 0.3) is 21.7 Å². The molecule has 26 heavy (non-hydrogen) atoms. The average Bonchev–Trinajstić information content (AvgIpc) is 2.61. The number of benzene rings is 3. The van der Waals surface area contributed by atoms with Crippen LogP contribution < -0.4 is 10.3 Å². The van der Waals surface area contributed by atoms with Crippen molar-refractivity contribution in [3.8, 4) is 5.75 Å². The molecule has 3 nitrogen and oxygen atoms in total. The van der Waals surface area contributed by atoms with Crippen molar-refractivity contribution >= 4 is 66.9 Å². The van der Waals surface area contributed by atoms with E-state index in [1.165, 1.54) is 10.8 Å². The topological polar surface area (TPSA) is 31.2 Å². The molecule has 0 spiro atoms. The van der Waals surface area contributed by atoms with Gasteiger partial charge in [0.2, 0.25) is 0 Å². The Morgan fingerprint density at radius 1 is 0.885 bits per heavy atom. The molecule has 0 saturated carbocycles. The zero-order valence-electron chi connectivity index (χ0n) is 13.6. The molecule has 0 N–H and O–H groups in total. The van der Waals surface area contributed by atoms with Gasteiger partial charge in [-0.15, -0.1) is 0 Å². The highest BCUT2D eigenvalue weighted by atomic mass is 127. The second kappa shape index (κ2) is 6.23. The maximum atomic E-state index is 12.7. The quantitative estimate of drug-likeness (QED) is 0.271. The zero-order valence-corrected chi connectivity index (χ0v) is 17.9. The van der Waals surface area contributed by atoms with Crippen molar-refractivity contribution in [2.75, 3.05) is 0 Å². The molecule has 0 unspecified atom stereocenters. The van der Waals surface area contributed by atoms with Crippen LogP contribution in [0.4, 0.5) is 0 Å². The fourth-order valence-electron chi connectivity index (χ4n) is 3.62. The van der Waals surface area contributed by atoms with Crippen LogP contribution in [0, 0.1) is 7.14 Å². The zero-order chi connectivity index (χ0) is 17.8. The van der Waals surface area contributed by atoms with E-state index in [-0.39, 0.29) is 5.56 Å². The molecule has 0 bridgehead atoms. The molecule has 4 aromatic rings. The van der Waals surface area contributed by atoms with Crippen LogP contribution in [0.3, 0.4) is 0 Å². The minimum absolute atomic E-state index is 0.00107. The molecule has 0 radical (unpaired) electrons. The Hall–Kier alpha value is -1.61. The van der Waals surface area contributed by atoms with Crippen LogP contribution in [0.5, 0.6) is 5.75 Å². The first kappa shape index (κ1) is 16.6. The Balaban J connectivity index is 1.85. The highest BCUT2D eigenvalue weighted by molar-refractivity contribution is 14.1. The summed E-state index contributed by atoms with van der Waals surface area (Å²) >= 11 is 4.62. The molecule has 3 aromatic carbocycles. The molecule has 1 aliphatic heterocycles. The molecule has 1 aliphatic rings. The van der Waals surface area contributed by atoms with E-state index in [9.17, 15) is 4.79 Å². The number of halogens is 2. The molecule has 2 heterocycles. The molecular weight excluding hydrogens is 552 g/mol. The molecular formula is C21H13I2NO2. The predicted molar refractivity (Wildman–Crippen MR) is 121 cm³/mol. The van der Waals surface area contributed by atoms with E-state index >= 15 is 0 Å². The Morgan fingerprint density at radius 3 is 2.38 bits per heavy atom. The van der Waals surface area contributed by atoms with Crippen molar-refractivity contribution in [1.29, 1.82) is 0 Å². The third-order valence-corrected chi connectivity index (χ3v) is 6.59. The molecule has 128 valence electrons. The molecule has 0 fully saturated rings. The molecule has 0 aliphatic carbocycles. The van der Waals surface area contributed by atoms with E-state index in [1.807, 2.05) is 22.8 Å². The van der Waals surface area contributed by atoms with Crippen molar-refractivity contribution in [3.63, 3.8) is 0 Å². The van der Waals surface area contributed by atoms with Crippen LogP contribution in [0.15, 0.2) is 59.4 Å². The van der Waals surface area contributed by atoms with Gasteiger partial charge < -0.3 is 9.30 Å². The van der Waals surface area contributed by atoms with Crippen molar-refractivity contribution in [2.45, 2.75) is 13.2 Å². The Labute approximate surface area is 177 Å². The molecule has 1 aromatic heterocycles. The maximum Gasteiger partial charge on any atom is 0.251 e. The fourth-order valence-corrected chi connectivity index (χ4v) is 5.68. The van der Waals surface area contributed by atoms with Gasteiger partial charge >= 0.3 is 0 Å². The molecule has 5 heteroatoms. The van der Waals surface area contributed by atoms with Gasteiger partial charge in [0, 0.05) is 15.0 Å². The fraction of sp³-hybridized carbons (Fsp3) is 0.0952. The highest BCUT2D eigenvalue weighted by Crippen LogP contribution is 2.36. The normalized spacial score (nSPS) is 13.2. The van der Waals surface area contributed by atoms with E-state index in [2.05, 4.69) is 75.5 Å². The van der Waals surface area contributed by atoms with E-state index in [0.29, 0.717) is 13.2 Å². The number of fused-ring (bicyclic) bond motifs is 2. The van der Waals surface area contributed by atoms with Crippen LogP contribution in [0.1, 0.15) is 11.1 Å². The maximum absolute atomic E-state index is 12.7. The minimum atomic E-state index is 0.00107. The van der Waals surface area contributed by atoms with Crippen molar-refractivity contribution < 1.29 is 4.74 Å². The van der Waals surface area contributed by atoms with Crippen molar-refractivity contribution in [3.05, 3.63) is 83.2 Å². The number of ether oxygens (including phenoxy) is 1. The first-order valence-electron chi connectivity index (χ1n) is 8.27. The summed E-state index contributed by atoms with van der Waals surface area (Å²) in [5, 5.41) is 3.44. The van der Waals surface area contributed by atoms with Gasteiger partial charge in [0.05, 0.1) is 15.6 Å². The van der Waals surface area contributed by atoms with Gasteiger partial charge in [0.25, 0.3) is 5.56 Å². The van der Waals surface area contributed by atoms with Crippen LogP contribution in [0.2, 0.25) is 0 Å². The highest BCUT2D eigenvalue weighted by Gasteiger charge is 2.20. The number of nitrogens with zero attached hydrogens (tertiary/aromatic N) is 1. The molecule has 0 amide bonds. The summed E-state index contributed by atoms with van der Waals surface area (Å²) in [6.07, 6.45) is 0. The summed E-state index contributed by atoms with van der Waals surface area (Å²) in [4.78, 5) is 12.7. The van der Waals surface area contributed by atoms with Crippen molar-refractivity contribution in [2.24, 2.45) is 0 Å². The summed E-state index contributed by atoms with van der Waals surface area (Å²) in [7, 11) is 0. The second-order valence-corrected chi connectivity index (χ2v) is 8.77. The van der Waals surface area contributed by atoms with Gasteiger partial charge in [0.1, 0.15) is 6.61 Å². The van der Waals surface area contributed by atoms with E-state index < -0.39 is 0 Å². The number of rotatable bonds is 0. The third-order valence-electron chi connectivity index (χ3n) is 4.89. The van der Waals surface area contributed by atoms with Gasteiger partial charge in [-0.05, 0) is 91.3 Å². The number of aromatic nitrogens is 1. The summed E-state index contributed by atoms with van der Waals surface area (Å²) < 4.78 is 10.3. The van der Waals surface area contributed by atoms with Gasteiger partial charge in [-0.1, -0.05) is 24.3 Å². The van der Waals surface area contributed by atoms with Crippen LogP contribution in [-0.2, 0) is 13.2 Å². The smallest absolute Gasteiger partial charge is 0.251 e. The average molecular weight is 565 g/mol. The Kier molecular flexibility index (Phi) is 3.97. The first-order valence-corrected chi connectivity index (χ1v) is 10.4. The largest absolute Gasteiger partial charge is 0.486 e. The molecule has 0 saturated heterocycles. The summed E-state index contributed by atoms with van der Waals surface area (Å²) in [5.74, 6) is 0.803. The number of pyridine rings is 1. The minimum Gasteiger partial charge on any atom is -0.486 e. The Bertz CT molecular complexity index is 1260. The third kappa shape index (κ3) is 2.55. The van der Waals surface area contributed by atoms with Crippen molar-refractivity contribution in [1.82, 2.24) is 4.57 Å². The second-order valence-electron chi connectivity index (χ2n) is 6.45. The van der Waals surface area contributed by atoms with E-state index in [1.54, 1.807) is 6.07 Å². The lowest BCUT2D eigenvalue weighted by Crippen LogP contribution is -2.23. The van der Waals surface area contributed by atoms with Crippen LogP contribution >= 0.6 is 45.2 Å².